The summed E-state index contributed by atoms with van der Waals surface area (Å²) < 4.78 is 42.5. The van der Waals surface area contributed by atoms with E-state index in [1.165, 1.54) is 6.08 Å². The molecule has 0 spiro atoms. The van der Waals surface area contributed by atoms with Gasteiger partial charge in [-0.2, -0.15) is 14.0 Å². The van der Waals surface area contributed by atoms with Gasteiger partial charge in [-0.3, -0.25) is 0 Å². The summed E-state index contributed by atoms with van der Waals surface area (Å²) in [5, 5.41) is 10.2. The second kappa shape index (κ2) is 5.93. The van der Waals surface area contributed by atoms with Crippen LogP contribution >= 0.6 is 10.8 Å². The van der Waals surface area contributed by atoms with Crippen molar-refractivity contribution in [2.24, 2.45) is 0 Å². The molecule has 120 valence electrons. The Hall–Kier alpha value is -1.94. The van der Waals surface area contributed by atoms with Crippen LogP contribution in [0.2, 0.25) is 0 Å². The van der Waals surface area contributed by atoms with Crippen molar-refractivity contribution in [1.82, 2.24) is 0 Å². The maximum absolute atomic E-state index is 11.1. The van der Waals surface area contributed by atoms with Gasteiger partial charge in [-0.25, -0.2) is 4.79 Å². The summed E-state index contributed by atoms with van der Waals surface area (Å²) in [7, 11) is -6.48. The highest BCUT2D eigenvalue weighted by Crippen LogP contribution is 2.41. The summed E-state index contributed by atoms with van der Waals surface area (Å²) in [6.45, 7) is 0. The summed E-state index contributed by atoms with van der Waals surface area (Å²) in [6, 6.07) is 10.5. The Morgan fingerprint density at radius 2 is 1.91 bits per heavy atom. The van der Waals surface area contributed by atoms with E-state index in [1.54, 1.807) is 30.3 Å². The van der Waals surface area contributed by atoms with E-state index in [4.69, 9.17) is 9.52 Å². The van der Waals surface area contributed by atoms with Crippen LogP contribution in [0.4, 0.5) is 0 Å². The Morgan fingerprint density at radius 3 is 2.52 bits per heavy atom. The van der Waals surface area contributed by atoms with Gasteiger partial charge in [0.15, 0.2) is 10.8 Å². The third-order valence-electron chi connectivity index (χ3n) is 2.90. The molecule has 1 N–H and O–H groups in total. The minimum atomic E-state index is -4.73. The quantitative estimate of drug-likeness (QED) is 0.743. The molecule has 1 unspecified atom stereocenters. The molecule has 0 amide bonds. The first-order valence-corrected chi connectivity index (χ1v) is 8.61. The Balaban J connectivity index is 2.09. The number of benzene rings is 1. The predicted octanol–water partition coefficient (Wildman–Crippen LogP) is -0.313. The highest BCUT2D eigenvalue weighted by atomic mass is 35.7. The minimum absolute atomic E-state index is 0.0841. The maximum Gasteiger partial charge on any atom is 0.336 e. The standard InChI is InChI=1S/C14H9ClO7S/c16-13(17)11-6-10-7-12(9-4-2-1-3-5-9)21-14(10)23(8-11)22-15(18,19)20/h1-8H,(H,16,17). The van der Waals surface area contributed by atoms with E-state index in [9.17, 15) is 18.8 Å². The number of hydrogen-bond acceptors (Lipinski definition) is 6. The van der Waals surface area contributed by atoms with Gasteiger partial charge in [-0.15, -0.1) is 0 Å². The number of rotatable bonds is 4. The molecule has 2 aromatic rings. The van der Waals surface area contributed by atoms with Crippen molar-refractivity contribution in [2.75, 3.05) is 0 Å². The molecule has 1 aromatic carbocycles. The fourth-order valence-electron chi connectivity index (χ4n) is 2.00. The fourth-order valence-corrected chi connectivity index (χ4v) is 4.07. The normalized spacial score (nSPS) is 17.2. The Morgan fingerprint density at radius 1 is 1.22 bits per heavy atom. The predicted molar refractivity (Wildman–Crippen MR) is 72.8 cm³/mol. The van der Waals surface area contributed by atoms with Crippen molar-refractivity contribution in [3.63, 3.8) is 0 Å². The van der Waals surface area contributed by atoms with Gasteiger partial charge in [0.25, 0.3) is 0 Å². The van der Waals surface area contributed by atoms with Crippen LogP contribution in [0.25, 0.3) is 17.4 Å². The van der Waals surface area contributed by atoms with E-state index in [0.29, 0.717) is 11.3 Å². The van der Waals surface area contributed by atoms with E-state index in [0.717, 1.165) is 10.9 Å². The van der Waals surface area contributed by atoms with Gasteiger partial charge in [-0.1, -0.05) is 30.3 Å². The summed E-state index contributed by atoms with van der Waals surface area (Å²) in [5.41, 5.74) is 0.893. The topological polar surface area (TPSA) is 129 Å². The smallest absolute Gasteiger partial charge is 0.336 e. The first kappa shape index (κ1) is 15.9. The van der Waals surface area contributed by atoms with Crippen LogP contribution in [0.1, 0.15) is 5.56 Å². The number of hydrogen-bond donors (Lipinski definition) is 1. The Bertz CT molecular complexity index is 817. The number of carboxylic acids is 1. The molecule has 9 heteroatoms. The maximum atomic E-state index is 11.1. The van der Waals surface area contributed by atoms with Crippen molar-refractivity contribution in [1.29, 1.82) is 0 Å². The average molecular weight is 357 g/mol. The van der Waals surface area contributed by atoms with Crippen LogP contribution in [0.3, 0.4) is 0 Å². The minimum Gasteiger partial charge on any atom is -0.478 e. The van der Waals surface area contributed by atoms with Crippen LogP contribution in [-0.2, 0) is 8.53 Å². The van der Waals surface area contributed by atoms with Crippen LogP contribution in [0.15, 0.2) is 51.5 Å². The summed E-state index contributed by atoms with van der Waals surface area (Å²) >= 11 is 0. The van der Waals surface area contributed by atoms with Crippen molar-refractivity contribution >= 4 is 28.2 Å². The Labute approximate surface area is 134 Å². The van der Waals surface area contributed by atoms with Gasteiger partial charge in [0.05, 0.1) is 15.8 Å². The number of carboxylic acid groups (broad SMARTS) is 1. The molecule has 7 nitrogen and oxygen atoms in total. The van der Waals surface area contributed by atoms with Gasteiger partial charge < -0.3 is 9.52 Å². The van der Waals surface area contributed by atoms with E-state index in [-0.39, 0.29) is 10.7 Å². The number of aliphatic carboxylic acids is 1. The third-order valence-corrected chi connectivity index (χ3v) is 5.22. The van der Waals surface area contributed by atoms with Crippen molar-refractivity contribution in [2.45, 2.75) is 5.09 Å². The molecule has 0 radical (unpaired) electrons. The second-order valence-corrected chi connectivity index (χ2v) is 6.94. The van der Waals surface area contributed by atoms with E-state index < -0.39 is 27.0 Å². The first-order valence-electron chi connectivity index (χ1n) is 6.16. The number of carbonyl (C=O) groups is 1. The lowest BCUT2D eigenvalue weighted by atomic mass is 10.1. The zero-order valence-corrected chi connectivity index (χ0v) is 12.9. The van der Waals surface area contributed by atoms with Gasteiger partial charge in [0, 0.05) is 16.5 Å². The van der Waals surface area contributed by atoms with Crippen LogP contribution in [-0.4, -0.2) is 16.4 Å². The molecule has 3 rings (SSSR count). The van der Waals surface area contributed by atoms with Gasteiger partial charge in [0.1, 0.15) is 9.50 Å². The number of furan rings is 1. The van der Waals surface area contributed by atoms with Gasteiger partial charge in [-0.05, 0) is 12.1 Å². The van der Waals surface area contributed by atoms with Crippen molar-refractivity contribution in [3.8, 4) is 11.3 Å². The van der Waals surface area contributed by atoms with Crippen molar-refractivity contribution in [3.05, 3.63) is 47.5 Å². The first-order chi connectivity index (χ1) is 10.8. The molecule has 0 saturated heterocycles. The summed E-state index contributed by atoms with van der Waals surface area (Å²) in [6.07, 6.45) is 1.33. The molecular formula is C14H9ClO7S. The monoisotopic (exact) mass is 356 g/mol. The van der Waals surface area contributed by atoms with Crippen LogP contribution in [0.5, 0.6) is 0 Å². The fraction of sp³-hybridized carbons (Fsp3) is 0. The van der Waals surface area contributed by atoms with E-state index >= 15 is 0 Å². The molecule has 1 aliphatic rings. The van der Waals surface area contributed by atoms with Gasteiger partial charge >= 0.3 is 5.97 Å². The lowest BCUT2D eigenvalue weighted by Crippen LogP contribution is -2.60. The molecule has 0 fully saturated rings. The lowest BCUT2D eigenvalue weighted by Gasteiger charge is -2.14. The molecule has 2 heterocycles. The van der Waals surface area contributed by atoms with Crippen LogP contribution in [0, 0.1) is 10.2 Å². The molecule has 1 atom stereocenters. The zero-order chi connectivity index (χ0) is 16.6. The molecular weight excluding hydrogens is 348 g/mol. The molecule has 0 aliphatic carbocycles. The molecule has 23 heavy (non-hydrogen) atoms. The molecule has 0 saturated carbocycles. The largest absolute Gasteiger partial charge is 0.478 e. The SMILES string of the molecule is O=C(O)C1=Cc2cc(-c3ccccc3)oc2S(O[Cl+3]([O-])([O-])[O-])=C1. The second-order valence-electron chi connectivity index (χ2n) is 4.48. The van der Waals surface area contributed by atoms with Gasteiger partial charge in [0.2, 0.25) is 5.09 Å². The molecule has 0 bridgehead atoms. The van der Waals surface area contributed by atoms with Crippen molar-refractivity contribution < 1.29 is 42.3 Å². The number of fused-ring (bicyclic) bond motifs is 1. The summed E-state index contributed by atoms with van der Waals surface area (Å²) in [4.78, 5) is 11.1. The molecule has 1 aromatic heterocycles. The third kappa shape index (κ3) is 3.53. The highest BCUT2D eigenvalue weighted by Gasteiger charge is 2.32. The van der Waals surface area contributed by atoms with E-state index in [1.807, 2.05) is 6.07 Å². The Kier molecular flexibility index (Phi) is 4.11. The molecule has 1 aliphatic heterocycles. The average Bonchev–Trinajstić information content (AvgIpc) is 2.91. The highest BCUT2D eigenvalue weighted by molar-refractivity contribution is 8.11. The van der Waals surface area contributed by atoms with Crippen LogP contribution < -0.4 is 14.0 Å². The lowest BCUT2D eigenvalue weighted by molar-refractivity contribution is -1.91. The number of halogens is 1. The van der Waals surface area contributed by atoms with E-state index in [2.05, 4.69) is 3.74 Å². The zero-order valence-electron chi connectivity index (χ0n) is 11.3. The summed E-state index contributed by atoms with van der Waals surface area (Å²) in [5.74, 6) is -0.855.